The Morgan fingerprint density at radius 3 is 2.57 bits per heavy atom. The summed E-state index contributed by atoms with van der Waals surface area (Å²) in [7, 11) is 1.52. The molecule has 1 amide bonds. The van der Waals surface area contributed by atoms with Crippen molar-refractivity contribution in [1.29, 1.82) is 0 Å². The van der Waals surface area contributed by atoms with E-state index >= 15 is 0 Å². The van der Waals surface area contributed by atoms with E-state index in [2.05, 4.69) is 10.6 Å². The number of hydrogen-bond acceptors (Lipinski definition) is 7. The number of benzene rings is 2. The first kappa shape index (κ1) is 22.8. The van der Waals surface area contributed by atoms with E-state index in [-0.39, 0.29) is 16.9 Å². The zero-order chi connectivity index (χ0) is 21.8. The fourth-order valence-corrected chi connectivity index (χ4v) is 2.68. The summed E-state index contributed by atoms with van der Waals surface area (Å²) < 4.78 is 9.86. The lowest BCUT2D eigenvalue weighted by Crippen LogP contribution is -2.29. The third-order valence-electron chi connectivity index (χ3n) is 4.19. The molecule has 0 bridgehead atoms. The Hall–Kier alpha value is -3.46. The molecule has 2 N–H and O–H groups in total. The van der Waals surface area contributed by atoms with Crippen molar-refractivity contribution in [3.05, 3.63) is 69.8 Å². The van der Waals surface area contributed by atoms with Crippen LogP contribution in [0.15, 0.2) is 48.5 Å². The molecule has 0 aromatic heterocycles. The van der Waals surface area contributed by atoms with E-state index < -0.39 is 23.4 Å². The van der Waals surface area contributed by atoms with Crippen LogP contribution in [0.25, 0.3) is 0 Å². The van der Waals surface area contributed by atoms with E-state index in [1.807, 2.05) is 30.3 Å². The molecule has 0 unspecified atom stereocenters. The average molecular weight is 415 g/mol. The Labute approximate surface area is 174 Å². The first-order chi connectivity index (χ1) is 14.5. The van der Waals surface area contributed by atoms with Crippen LogP contribution in [0, 0.1) is 10.1 Å². The van der Waals surface area contributed by atoms with E-state index in [4.69, 9.17) is 9.47 Å². The third-order valence-corrected chi connectivity index (χ3v) is 4.19. The fourth-order valence-electron chi connectivity index (χ4n) is 2.68. The van der Waals surface area contributed by atoms with Crippen LogP contribution >= 0.6 is 0 Å². The van der Waals surface area contributed by atoms with Crippen LogP contribution in [-0.2, 0) is 20.7 Å². The number of ether oxygens (including phenoxy) is 2. The number of nitro benzene ring substituents is 1. The van der Waals surface area contributed by atoms with Crippen molar-refractivity contribution >= 4 is 23.3 Å². The molecular weight excluding hydrogens is 390 g/mol. The molecule has 2 aromatic carbocycles. The molecule has 0 spiro atoms. The highest BCUT2D eigenvalue weighted by atomic mass is 16.6. The van der Waals surface area contributed by atoms with E-state index in [1.165, 1.54) is 24.8 Å². The Morgan fingerprint density at radius 2 is 1.87 bits per heavy atom. The number of hydrogen-bond donors (Lipinski definition) is 2. The third kappa shape index (κ3) is 7.51. The van der Waals surface area contributed by atoms with Crippen molar-refractivity contribution in [3.8, 4) is 0 Å². The summed E-state index contributed by atoms with van der Waals surface area (Å²) in [6, 6.07) is 13.8. The van der Waals surface area contributed by atoms with Gasteiger partial charge in [-0.15, -0.1) is 0 Å². The van der Waals surface area contributed by atoms with Gasteiger partial charge in [-0.05, 0) is 30.5 Å². The molecule has 9 nitrogen and oxygen atoms in total. The molecule has 0 aliphatic heterocycles. The number of nitrogens with one attached hydrogen (secondary N) is 2. The highest BCUT2D eigenvalue weighted by Crippen LogP contribution is 2.25. The monoisotopic (exact) mass is 415 g/mol. The molecule has 0 aliphatic rings. The van der Waals surface area contributed by atoms with Crippen LogP contribution in [0.1, 0.15) is 22.3 Å². The lowest BCUT2D eigenvalue weighted by atomic mass is 10.1. The molecule has 160 valence electrons. The summed E-state index contributed by atoms with van der Waals surface area (Å²) >= 11 is 0. The van der Waals surface area contributed by atoms with Crippen LogP contribution < -0.4 is 10.6 Å². The Bertz CT molecular complexity index is 857. The molecule has 0 atom stereocenters. The van der Waals surface area contributed by atoms with Crippen LogP contribution in [0.2, 0.25) is 0 Å². The lowest BCUT2D eigenvalue weighted by molar-refractivity contribution is -0.384. The van der Waals surface area contributed by atoms with Gasteiger partial charge in [-0.1, -0.05) is 30.3 Å². The molecule has 0 fully saturated rings. The fraction of sp³-hybridized carbons (Fsp3) is 0.333. The summed E-state index contributed by atoms with van der Waals surface area (Å²) in [5.74, 6) is -1.23. The van der Waals surface area contributed by atoms with Gasteiger partial charge in [-0.2, -0.15) is 0 Å². The van der Waals surface area contributed by atoms with Crippen LogP contribution in [0.3, 0.4) is 0 Å². The molecule has 0 radical (unpaired) electrons. The summed E-state index contributed by atoms with van der Waals surface area (Å²) in [6.07, 6.45) is 1.59. The zero-order valence-corrected chi connectivity index (χ0v) is 16.8. The molecule has 2 aromatic rings. The van der Waals surface area contributed by atoms with Crippen molar-refractivity contribution in [2.24, 2.45) is 0 Å². The van der Waals surface area contributed by atoms with Crippen LogP contribution in [-0.4, -0.2) is 50.2 Å². The van der Waals surface area contributed by atoms with Gasteiger partial charge in [0.2, 0.25) is 0 Å². The van der Waals surface area contributed by atoms with Gasteiger partial charge in [0.15, 0.2) is 6.61 Å². The topological polar surface area (TPSA) is 120 Å². The van der Waals surface area contributed by atoms with Gasteiger partial charge in [0.05, 0.1) is 17.1 Å². The Kier molecular flexibility index (Phi) is 9.26. The maximum Gasteiger partial charge on any atom is 0.338 e. The largest absolute Gasteiger partial charge is 0.452 e. The smallest absolute Gasteiger partial charge is 0.338 e. The van der Waals surface area contributed by atoms with E-state index in [0.717, 1.165) is 18.9 Å². The first-order valence-electron chi connectivity index (χ1n) is 9.50. The van der Waals surface area contributed by atoms with Gasteiger partial charge in [-0.25, -0.2) is 4.79 Å². The highest BCUT2D eigenvalue weighted by molar-refractivity contribution is 5.93. The maximum absolute atomic E-state index is 12.1. The number of carbonyl (C=O) groups is 2. The van der Waals surface area contributed by atoms with Crippen molar-refractivity contribution in [3.63, 3.8) is 0 Å². The minimum absolute atomic E-state index is 0.00382. The van der Waals surface area contributed by atoms with E-state index in [1.54, 1.807) is 0 Å². The summed E-state index contributed by atoms with van der Waals surface area (Å²) in [4.78, 5) is 34.7. The standard InChI is InChI=1S/C21H25N3O6/c1-29-13-12-22-18-10-9-17(14-19(18)24(27)28)21(26)30-15-20(25)23-11-5-8-16-6-3-2-4-7-16/h2-4,6-7,9-10,14,22H,5,8,11-13,15H2,1H3,(H,23,25). The summed E-state index contributed by atoms with van der Waals surface area (Å²) in [5, 5.41) is 16.8. The number of nitrogens with zero attached hydrogens (tertiary/aromatic N) is 1. The summed E-state index contributed by atoms with van der Waals surface area (Å²) in [6.45, 7) is 0.761. The molecule has 0 heterocycles. The second kappa shape index (κ2) is 12.2. The maximum atomic E-state index is 12.1. The number of methoxy groups -OCH3 is 1. The molecule has 30 heavy (non-hydrogen) atoms. The number of esters is 1. The number of rotatable bonds is 12. The highest BCUT2D eigenvalue weighted by Gasteiger charge is 2.19. The predicted molar refractivity (Wildman–Crippen MR) is 112 cm³/mol. The van der Waals surface area contributed by atoms with Crippen LogP contribution in [0.4, 0.5) is 11.4 Å². The predicted octanol–water partition coefficient (Wildman–Crippen LogP) is 2.56. The minimum Gasteiger partial charge on any atom is -0.452 e. The van der Waals surface area contributed by atoms with Gasteiger partial charge in [-0.3, -0.25) is 14.9 Å². The molecule has 0 saturated heterocycles. The normalized spacial score (nSPS) is 10.3. The number of amides is 1. The van der Waals surface area contributed by atoms with Crippen molar-refractivity contribution < 1.29 is 24.0 Å². The van der Waals surface area contributed by atoms with E-state index in [9.17, 15) is 19.7 Å². The first-order valence-corrected chi connectivity index (χ1v) is 9.50. The molecule has 9 heteroatoms. The molecule has 0 saturated carbocycles. The second-order valence-corrected chi connectivity index (χ2v) is 6.42. The van der Waals surface area contributed by atoms with Crippen molar-refractivity contribution in [2.75, 3.05) is 38.7 Å². The van der Waals surface area contributed by atoms with Gasteiger partial charge in [0.25, 0.3) is 11.6 Å². The van der Waals surface area contributed by atoms with Gasteiger partial charge in [0.1, 0.15) is 5.69 Å². The number of aryl methyl sites for hydroxylation is 1. The SMILES string of the molecule is COCCNc1ccc(C(=O)OCC(=O)NCCCc2ccccc2)cc1[N+](=O)[O-]. The Morgan fingerprint density at radius 1 is 1.10 bits per heavy atom. The minimum atomic E-state index is -0.805. The van der Waals surface area contributed by atoms with Gasteiger partial charge >= 0.3 is 5.97 Å². The summed E-state index contributed by atoms with van der Waals surface area (Å²) in [5.41, 5.74) is 1.19. The molecular formula is C21H25N3O6. The van der Waals surface area contributed by atoms with Gasteiger partial charge < -0.3 is 20.1 Å². The van der Waals surface area contributed by atoms with E-state index in [0.29, 0.717) is 19.7 Å². The zero-order valence-electron chi connectivity index (χ0n) is 16.8. The lowest BCUT2D eigenvalue weighted by Gasteiger charge is -2.09. The molecule has 0 aliphatic carbocycles. The molecule has 2 rings (SSSR count). The number of carbonyl (C=O) groups excluding carboxylic acids is 2. The van der Waals surface area contributed by atoms with Gasteiger partial charge in [0, 0.05) is 26.3 Å². The van der Waals surface area contributed by atoms with Crippen LogP contribution in [0.5, 0.6) is 0 Å². The average Bonchev–Trinajstić information content (AvgIpc) is 2.76. The number of nitro groups is 1. The van der Waals surface area contributed by atoms with Crippen molar-refractivity contribution in [1.82, 2.24) is 5.32 Å². The quantitative estimate of drug-likeness (QED) is 0.237. The van der Waals surface area contributed by atoms with Crippen molar-refractivity contribution in [2.45, 2.75) is 12.8 Å². The second-order valence-electron chi connectivity index (χ2n) is 6.42. The number of anilines is 1. The Balaban J connectivity index is 1.79.